The molecule has 0 aromatic heterocycles. The first-order valence-corrected chi connectivity index (χ1v) is 8.57. The summed E-state index contributed by atoms with van der Waals surface area (Å²) in [6.45, 7) is 9.17. The predicted molar refractivity (Wildman–Crippen MR) is 85.7 cm³/mol. The average molecular weight is 282 g/mol. The molecule has 0 amide bonds. The van der Waals surface area contributed by atoms with Crippen molar-refractivity contribution in [2.75, 3.05) is 6.61 Å². The Morgan fingerprint density at radius 2 is 1.50 bits per heavy atom. The minimum atomic E-state index is -0.367. The molecule has 1 unspecified atom stereocenters. The van der Waals surface area contributed by atoms with Gasteiger partial charge in [-0.1, -0.05) is 58.3 Å². The molecule has 2 heteroatoms. The van der Waals surface area contributed by atoms with E-state index in [9.17, 15) is 0 Å². The van der Waals surface area contributed by atoms with Crippen LogP contribution in [-0.2, 0) is 9.47 Å². The van der Waals surface area contributed by atoms with Gasteiger partial charge in [0, 0.05) is 13.3 Å². The van der Waals surface area contributed by atoms with E-state index in [2.05, 4.69) is 27.7 Å². The second-order valence-corrected chi connectivity index (χ2v) is 6.53. The van der Waals surface area contributed by atoms with Gasteiger partial charge in [-0.05, 0) is 25.8 Å². The molecule has 0 N–H and O–H groups in total. The lowest BCUT2D eigenvalue weighted by Crippen LogP contribution is -2.24. The minimum Gasteiger partial charge on any atom is -0.465 e. The molecule has 118 valence electrons. The summed E-state index contributed by atoms with van der Waals surface area (Å²) >= 11 is 0. The number of hydrogen-bond donors (Lipinski definition) is 0. The largest absolute Gasteiger partial charge is 0.465 e. The Hall–Kier alpha value is -0.500. The van der Waals surface area contributed by atoms with Gasteiger partial charge in [0.25, 0.3) is 0 Å². The SMILES string of the molecule is CCCCCCCCCCCC1(C)OCC(=C(C)C)O1. The van der Waals surface area contributed by atoms with E-state index in [0.717, 1.165) is 12.2 Å². The summed E-state index contributed by atoms with van der Waals surface area (Å²) in [5, 5.41) is 0. The zero-order chi connectivity index (χ0) is 14.8. The molecule has 0 saturated carbocycles. The van der Waals surface area contributed by atoms with E-state index in [1.165, 1.54) is 63.4 Å². The van der Waals surface area contributed by atoms with Crippen molar-refractivity contribution >= 4 is 0 Å². The molecule has 1 aliphatic rings. The lowest BCUT2D eigenvalue weighted by Gasteiger charge is -2.22. The van der Waals surface area contributed by atoms with Crippen molar-refractivity contribution in [3.8, 4) is 0 Å². The summed E-state index contributed by atoms with van der Waals surface area (Å²) in [4.78, 5) is 0. The fourth-order valence-electron chi connectivity index (χ4n) is 2.66. The van der Waals surface area contributed by atoms with Gasteiger partial charge in [-0.25, -0.2) is 0 Å². The lowest BCUT2D eigenvalue weighted by atomic mass is 10.0. The van der Waals surface area contributed by atoms with E-state index in [4.69, 9.17) is 9.47 Å². The van der Waals surface area contributed by atoms with Crippen LogP contribution in [0.4, 0.5) is 0 Å². The zero-order valence-corrected chi connectivity index (χ0v) is 14.1. The molecule has 0 bridgehead atoms. The van der Waals surface area contributed by atoms with Crippen LogP contribution in [0.25, 0.3) is 0 Å². The minimum absolute atomic E-state index is 0.367. The summed E-state index contributed by atoms with van der Waals surface area (Å²) in [7, 11) is 0. The highest BCUT2D eigenvalue weighted by Gasteiger charge is 2.34. The molecule has 1 fully saturated rings. The molecule has 1 rings (SSSR count). The maximum absolute atomic E-state index is 5.94. The van der Waals surface area contributed by atoms with Crippen LogP contribution in [0.3, 0.4) is 0 Å². The summed E-state index contributed by atoms with van der Waals surface area (Å²) in [5.74, 6) is 0.664. The highest BCUT2D eigenvalue weighted by molar-refractivity contribution is 5.06. The molecule has 1 atom stereocenters. The fraction of sp³-hybridized carbons (Fsp3) is 0.889. The molecule has 0 aromatic carbocycles. The smallest absolute Gasteiger partial charge is 0.207 e. The van der Waals surface area contributed by atoms with Crippen LogP contribution in [-0.4, -0.2) is 12.4 Å². The van der Waals surface area contributed by atoms with Crippen molar-refractivity contribution in [1.82, 2.24) is 0 Å². The Bertz CT molecular complexity index is 292. The summed E-state index contributed by atoms with van der Waals surface area (Å²) in [5.41, 5.74) is 1.24. The van der Waals surface area contributed by atoms with E-state index in [1.807, 2.05) is 0 Å². The zero-order valence-electron chi connectivity index (χ0n) is 14.1. The quantitative estimate of drug-likeness (QED) is 0.460. The van der Waals surface area contributed by atoms with Gasteiger partial charge in [-0.15, -0.1) is 0 Å². The van der Waals surface area contributed by atoms with E-state index in [1.54, 1.807) is 0 Å². The maximum atomic E-state index is 5.94. The topological polar surface area (TPSA) is 18.5 Å². The fourth-order valence-corrected chi connectivity index (χ4v) is 2.66. The predicted octanol–water partition coefficient (Wildman–Crippen LogP) is 5.96. The van der Waals surface area contributed by atoms with Crippen LogP contribution in [0.2, 0.25) is 0 Å². The third-order valence-corrected chi connectivity index (χ3v) is 4.14. The third kappa shape index (κ3) is 6.78. The van der Waals surface area contributed by atoms with Gasteiger partial charge in [0.05, 0.1) is 0 Å². The first kappa shape index (κ1) is 17.6. The Morgan fingerprint density at radius 3 is 2.00 bits per heavy atom. The molecule has 1 aliphatic heterocycles. The molecule has 0 aliphatic carbocycles. The number of unbranched alkanes of at least 4 members (excludes halogenated alkanes) is 8. The van der Waals surface area contributed by atoms with Crippen molar-refractivity contribution in [2.45, 2.75) is 97.7 Å². The lowest BCUT2D eigenvalue weighted by molar-refractivity contribution is -0.139. The van der Waals surface area contributed by atoms with Crippen molar-refractivity contribution in [3.05, 3.63) is 11.3 Å². The number of allylic oxidation sites excluding steroid dienone is 1. The van der Waals surface area contributed by atoms with Crippen molar-refractivity contribution in [1.29, 1.82) is 0 Å². The summed E-state index contributed by atoms with van der Waals surface area (Å²) in [6, 6.07) is 0. The second kappa shape index (κ2) is 9.44. The molecule has 0 spiro atoms. The average Bonchev–Trinajstić information content (AvgIpc) is 2.80. The summed E-state index contributed by atoms with van der Waals surface area (Å²) < 4.78 is 11.7. The van der Waals surface area contributed by atoms with Crippen LogP contribution in [0.15, 0.2) is 11.3 Å². The van der Waals surface area contributed by atoms with Crippen LogP contribution >= 0.6 is 0 Å². The van der Waals surface area contributed by atoms with Gasteiger partial charge in [0.2, 0.25) is 5.79 Å². The van der Waals surface area contributed by atoms with Gasteiger partial charge in [-0.3, -0.25) is 0 Å². The molecule has 20 heavy (non-hydrogen) atoms. The van der Waals surface area contributed by atoms with Gasteiger partial charge < -0.3 is 9.47 Å². The first-order chi connectivity index (χ1) is 9.57. The van der Waals surface area contributed by atoms with Crippen LogP contribution in [0.1, 0.15) is 91.9 Å². The Morgan fingerprint density at radius 1 is 0.950 bits per heavy atom. The highest BCUT2D eigenvalue weighted by atomic mass is 16.7. The second-order valence-electron chi connectivity index (χ2n) is 6.53. The van der Waals surface area contributed by atoms with E-state index >= 15 is 0 Å². The van der Waals surface area contributed by atoms with Crippen molar-refractivity contribution in [2.24, 2.45) is 0 Å². The Labute approximate surface area is 125 Å². The molecule has 0 aromatic rings. The van der Waals surface area contributed by atoms with E-state index in [0.29, 0.717) is 6.61 Å². The maximum Gasteiger partial charge on any atom is 0.207 e. The van der Waals surface area contributed by atoms with Crippen molar-refractivity contribution in [3.63, 3.8) is 0 Å². The third-order valence-electron chi connectivity index (χ3n) is 4.14. The molecular formula is C18H34O2. The standard InChI is InChI=1S/C18H34O2/c1-5-6-7-8-9-10-11-12-13-14-18(4)19-15-17(20-18)16(2)3/h5-15H2,1-4H3. The number of rotatable bonds is 10. The van der Waals surface area contributed by atoms with Gasteiger partial charge in [-0.2, -0.15) is 0 Å². The Balaban J connectivity index is 2.00. The van der Waals surface area contributed by atoms with Gasteiger partial charge in [0.1, 0.15) is 12.4 Å². The van der Waals surface area contributed by atoms with Gasteiger partial charge >= 0.3 is 0 Å². The molecule has 1 heterocycles. The first-order valence-electron chi connectivity index (χ1n) is 8.57. The number of ether oxygens (including phenoxy) is 2. The van der Waals surface area contributed by atoms with Crippen LogP contribution in [0, 0.1) is 0 Å². The van der Waals surface area contributed by atoms with Crippen molar-refractivity contribution < 1.29 is 9.47 Å². The molecule has 2 nitrogen and oxygen atoms in total. The Kier molecular flexibility index (Phi) is 8.28. The molecule has 0 radical (unpaired) electrons. The summed E-state index contributed by atoms with van der Waals surface area (Å²) in [6.07, 6.45) is 13.3. The van der Waals surface area contributed by atoms with Gasteiger partial charge in [0.15, 0.2) is 0 Å². The number of hydrogen-bond acceptors (Lipinski definition) is 2. The monoisotopic (exact) mass is 282 g/mol. The van der Waals surface area contributed by atoms with Crippen LogP contribution < -0.4 is 0 Å². The highest BCUT2D eigenvalue weighted by Crippen LogP contribution is 2.32. The van der Waals surface area contributed by atoms with Crippen LogP contribution in [0.5, 0.6) is 0 Å². The van der Waals surface area contributed by atoms with E-state index < -0.39 is 0 Å². The molecule has 1 saturated heterocycles. The normalized spacial score (nSPS) is 22.1. The molecular weight excluding hydrogens is 248 g/mol. The van der Waals surface area contributed by atoms with E-state index in [-0.39, 0.29) is 5.79 Å².